The molecule has 37 heavy (non-hydrogen) atoms. The lowest BCUT2D eigenvalue weighted by Gasteiger charge is -2.44. The van der Waals surface area contributed by atoms with Gasteiger partial charge in [0.2, 0.25) is 5.91 Å². The van der Waals surface area contributed by atoms with Gasteiger partial charge in [-0.3, -0.25) is 5.73 Å². The number of rotatable bonds is 28. The smallest absolute Gasteiger partial charge is 0.230 e. The average molecular weight is 594 g/mol. The van der Waals surface area contributed by atoms with Crippen molar-refractivity contribution in [3.8, 4) is 0 Å². The zero-order valence-electron chi connectivity index (χ0n) is 25.9. The third-order valence-electron chi connectivity index (χ3n) is 7.87. The molecular weight excluding hydrogens is 524 g/mol. The Hall–Kier alpha value is 0.320. The van der Waals surface area contributed by atoms with Crippen molar-refractivity contribution < 1.29 is 9.47 Å². The Balaban J connectivity index is 0. The number of hydrogen-bond acceptors (Lipinski definition) is 4. The molecule has 0 aliphatic heterocycles. The number of nitrogens with two attached hydrogens (primary N) is 2. The Morgan fingerprint density at radius 2 is 0.838 bits per heavy atom. The molecule has 5 heteroatoms. The lowest BCUT2D eigenvalue weighted by atomic mass is 9.81. The van der Waals surface area contributed by atoms with Gasteiger partial charge in [0.1, 0.15) is 0 Å². The summed E-state index contributed by atoms with van der Waals surface area (Å²) in [6.07, 6.45) is 28.1. The van der Waals surface area contributed by atoms with E-state index in [1.54, 1.807) is 0 Å². The molecule has 0 aromatic heterocycles. The molecule has 0 rings (SSSR count). The summed E-state index contributed by atoms with van der Waals surface area (Å²) in [5, 5.41) is 0. The third kappa shape index (κ3) is 21.8. The van der Waals surface area contributed by atoms with Crippen LogP contribution in [0.4, 0.5) is 0 Å². The minimum Gasteiger partial charge on any atom is -0.337 e. The van der Waals surface area contributed by atoms with Crippen molar-refractivity contribution in [3.05, 3.63) is 0 Å². The van der Waals surface area contributed by atoms with E-state index in [1.807, 2.05) is 0 Å². The molecule has 0 aliphatic carbocycles. The van der Waals surface area contributed by atoms with E-state index in [1.165, 1.54) is 116 Å². The molecule has 0 aromatic rings. The Morgan fingerprint density at radius 3 is 1.14 bits per heavy atom. The largest absolute Gasteiger partial charge is 0.337 e. The summed E-state index contributed by atoms with van der Waals surface area (Å²) in [7, 11) is 0. The summed E-state index contributed by atoms with van der Waals surface area (Å²) < 4.78 is 12.6. The molecule has 0 aromatic carbocycles. The van der Waals surface area contributed by atoms with Gasteiger partial charge in [0.05, 0.1) is 13.2 Å². The second kappa shape index (κ2) is 26.5. The maximum absolute atomic E-state index is 6.82. The Bertz CT molecular complexity index is 436. The third-order valence-corrected chi connectivity index (χ3v) is 7.87. The Morgan fingerprint density at radius 1 is 0.541 bits per heavy atom. The zero-order chi connectivity index (χ0) is 27.0. The molecule has 1 unspecified atom stereocenters. The maximum atomic E-state index is 6.82. The lowest BCUT2D eigenvalue weighted by molar-refractivity contribution is -0.293. The van der Waals surface area contributed by atoms with Crippen molar-refractivity contribution in [2.45, 2.75) is 188 Å². The van der Waals surface area contributed by atoms with Gasteiger partial charge in [-0.15, -0.1) is 17.0 Å². The maximum Gasteiger partial charge on any atom is 0.230 e. The van der Waals surface area contributed by atoms with E-state index in [-0.39, 0.29) is 28.4 Å². The highest BCUT2D eigenvalue weighted by molar-refractivity contribution is 8.93. The second-order valence-electron chi connectivity index (χ2n) is 12.0. The van der Waals surface area contributed by atoms with Crippen LogP contribution in [0.3, 0.4) is 0 Å². The van der Waals surface area contributed by atoms with Gasteiger partial charge in [-0.05, 0) is 25.7 Å². The molecule has 0 saturated carbocycles. The van der Waals surface area contributed by atoms with E-state index in [4.69, 9.17) is 20.9 Å². The quantitative estimate of drug-likeness (QED) is 0.0699. The normalized spacial score (nSPS) is 13.1. The van der Waals surface area contributed by atoms with Crippen LogP contribution in [0, 0.1) is 5.41 Å². The summed E-state index contributed by atoms with van der Waals surface area (Å²) in [5.41, 5.74) is 12.8. The van der Waals surface area contributed by atoms with Crippen LogP contribution in [0.2, 0.25) is 0 Å². The molecule has 4 nitrogen and oxygen atoms in total. The van der Waals surface area contributed by atoms with Gasteiger partial charge in [0, 0.05) is 11.5 Å². The molecule has 1 atom stereocenters. The fourth-order valence-electron chi connectivity index (χ4n) is 5.00. The minimum atomic E-state index is -1.07. The van der Waals surface area contributed by atoms with Crippen molar-refractivity contribution in [1.29, 1.82) is 0 Å². The van der Waals surface area contributed by atoms with Crippen molar-refractivity contribution in [2.75, 3.05) is 13.2 Å². The summed E-state index contributed by atoms with van der Waals surface area (Å²) in [6.45, 7) is 12.3. The van der Waals surface area contributed by atoms with Crippen LogP contribution in [0.1, 0.15) is 176 Å². The number of halogens is 1. The van der Waals surface area contributed by atoms with Crippen molar-refractivity contribution in [3.63, 3.8) is 0 Å². The first-order chi connectivity index (χ1) is 17.3. The van der Waals surface area contributed by atoms with Crippen molar-refractivity contribution in [1.82, 2.24) is 0 Å². The Kier molecular flexibility index (Phi) is 28.3. The topological polar surface area (TPSA) is 70.5 Å². The highest BCUT2D eigenvalue weighted by atomic mass is 79.9. The van der Waals surface area contributed by atoms with Gasteiger partial charge in [-0.2, -0.15) is 0 Å². The van der Waals surface area contributed by atoms with Crippen LogP contribution in [0.25, 0.3) is 0 Å². The van der Waals surface area contributed by atoms with Gasteiger partial charge >= 0.3 is 0 Å². The SMILES string of the molecule is Br.CCCCCCCCCCCCOC(N)(OCCCCCCCCCCCC)C(C)(C)CC(N)CC. The summed E-state index contributed by atoms with van der Waals surface area (Å²) in [4.78, 5) is 0. The first-order valence-corrected chi connectivity index (χ1v) is 16.1. The Labute approximate surface area is 243 Å². The molecule has 0 amide bonds. The van der Waals surface area contributed by atoms with E-state index < -0.39 is 5.91 Å². The highest BCUT2D eigenvalue weighted by Gasteiger charge is 2.45. The first-order valence-electron chi connectivity index (χ1n) is 16.1. The zero-order valence-corrected chi connectivity index (χ0v) is 27.6. The van der Waals surface area contributed by atoms with Crippen LogP contribution >= 0.6 is 17.0 Å². The minimum absolute atomic E-state index is 0. The van der Waals surface area contributed by atoms with E-state index in [0.717, 1.165) is 25.7 Å². The molecule has 226 valence electrons. The molecule has 0 bridgehead atoms. The highest BCUT2D eigenvalue weighted by Crippen LogP contribution is 2.36. The van der Waals surface area contributed by atoms with Crippen LogP contribution in [-0.4, -0.2) is 25.2 Å². The summed E-state index contributed by atoms with van der Waals surface area (Å²) in [6, 6.07) is 0.116. The number of unbranched alkanes of at least 4 members (excludes halogenated alkanes) is 18. The van der Waals surface area contributed by atoms with Gasteiger partial charge < -0.3 is 15.2 Å². The van der Waals surface area contributed by atoms with Crippen LogP contribution in [0.15, 0.2) is 0 Å². The number of ether oxygens (including phenoxy) is 2. The molecule has 0 heterocycles. The summed E-state index contributed by atoms with van der Waals surface area (Å²) >= 11 is 0. The van der Waals surface area contributed by atoms with E-state index in [0.29, 0.717) is 13.2 Å². The molecular formula is C32H69BrN2O2. The number of hydrogen-bond donors (Lipinski definition) is 2. The van der Waals surface area contributed by atoms with E-state index in [2.05, 4.69) is 34.6 Å². The van der Waals surface area contributed by atoms with Crippen molar-refractivity contribution >= 4 is 17.0 Å². The summed E-state index contributed by atoms with van der Waals surface area (Å²) in [5.74, 6) is -1.07. The standard InChI is InChI=1S/C32H68N2O2.BrH/c1-6-9-11-13-15-17-19-21-23-25-27-35-32(34,31(4,5)29-30(33)8-3)36-28-26-24-22-20-18-16-14-12-10-7-2;/h30H,6-29,33-34H2,1-5H3;1H. The predicted octanol–water partition coefficient (Wildman–Crippen LogP) is 10.2. The average Bonchev–Trinajstić information content (AvgIpc) is 2.85. The van der Waals surface area contributed by atoms with Gasteiger partial charge in [0.15, 0.2) is 0 Å². The molecule has 0 fully saturated rings. The van der Waals surface area contributed by atoms with Gasteiger partial charge in [0.25, 0.3) is 0 Å². The van der Waals surface area contributed by atoms with Crippen LogP contribution < -0.4 is 11.5 Å². The monoisotopic (exact) mass is 592 g/mol. The second-order valence-corrected chi connectivity index (χ2v) is 12.0. The fourth-order valence-corrected chi connectivity index (χ4v) is 5.00. The lowest BCUT2D eigenvalue weighted by Crippen LogP contribution is -2.58. The molecule has 0 aliphatic rings. The van der Waals surface area contributed by atoms with Gasteiger partial charge in [-0.25, -0.2) is 0 Å². The fraction of sp³-hybridized carbons (Fsp3) is 1.00. The van der Waals surface area contributed by atoms with E-state index >= 15 is 0 Å². The predicted molar refractivity (Wildman–Crippen MR) is 169 cm³/mol. The van der Waals surface area contributed by atoms with Gasteiger partial charge in [-0.1, -0.05) is 150 Å². The van der Waals surface area contributed by atoms with Crippen molar-refractivity contribution in [2.24, 2.45) is 16.9 Å². The first kappa shape index (κ1) is 39.5. The molecule has 0 saturated heterocycles. The van der Waals surface area contributed by atoms with Crippen LogP contribution in [-0.2, 0) is 9.47 Å². The molecule has 0 spiro atoms. The molecule has 4 N–H and O–H groups in total. The molecule has 0 radical (unpaired) electrons. The van der Waals surface area contributed by atoms with E-state index in [9.17, 15) is 0 Å². The van der Waals surface area contributed by atoms with Crippen LogP contribution in [0.5, 0.6) is 0 Å².